The molecule has 0 radical (unpaired) electrons. The third-order valence-electron chi connectivity index (χ3n) is 7.09. The van der Waals surface area contributed by atoms with E-state index in [0.29, 0.717) is 24.7 Å². The molecular formula is C36H38N2O7. The number of fused-ring (bicyclic) bond motifs is 1. The molecule has 1 atom stereocenters. The molecule has 0 aliphatic carbocycles. The summed E-state index contributed by atoms with van der Waals surface area (Å²) in [7, 11) is 3.18. The average molecular weight is 611 g/mol. The van der Waals surface area contributed by atoms with Crippen LogP contribution in [-0.4, -0.2) is 51.1 Å². The Bertz CT molecular complexity index is 1620. The van der Waals surface area contributed by atoms with E-state index in [-0.39, 0.29) is 5.97 Å². The van der Waals surface area contributed by atoms with Gasteiger partial charge in [-0.1, -0.05) is 43.0 Å². The van der Waals surface area contributed by atoms with Crippen LogP contribution in [0.25, 0.3) is 10.8 Å². The predicted molar refractivity (Wildman–Crippen MR) is 176 cm³/mol. The lowest BCUT2D eigenvalue weighted by atomic mass is 9.97. The molecule has 0 spiro atoms. The second-order valence-electron chi connectivity index (χ2n) is 10.2. The van der Waals surface area contributed by atoms with E-state index in [4.69, 9.17) is 23.8 Å². The van der Waals surface area contributed by atoms with Gasteiger partial charge < -0.3 is 18.9 Å². The standard InChI is InChI=1S/C36H38N2O7/c1-4-35(39)44-20-8-6-5-7-19-43-32-16-14-28(15-17-32)36(45-40)31-13-12-29-21-26(9-11-30(29)23-31)24-37-38-25-27-10-18-33(41-2)34(22-27)42-3/h4,9-18,21-25,36,40H,1,5-8,19-20H2,2-3H3/b37-24-,38-25-. The number of hydrogen-bond acceptors (Lipinski definition) is 9. The number of carbonyl (C=O) groups is 1. The van der Waals surface area contributed by atoms with Crippen molar-refractivity contribution in [3.05, 3.63) is 114 Å². The molecule has 234 valence electrons. The first-order chi connectivity index (χ1) is 22.0. The van der Waals surface area contributed by atoms with Crippen molar-refractivity contribution >= 4 is 29.2 Å². The average Bonchev–Trinajstić information content (AvgIpc) is 3.08. The Kier molecular flexibility index (Phi) is 12.7. The van der Waals surface area contributed by atoms with Gasteiger partial charge in [-0.3, -0.25) is 5.26 Å². The van der Waals surface area contributed by atoms with Crippen LogP contribution in [0.5, 0.6) is 17.2 Å². The van der Waals surface area contributed by atoms with E-state index < -0.39 is 6.10 Å². The second-order valence-corrected chi connectivity index (χ2v) is 10.2. The number of hydrogen-bond donors (Lipinski definition) is 1. The van der Waals surface area contributed by atoms with Crippen LogP contribution in [0.2, 0.25) is 0 Å². The number of ether oxygens (including phenoxy) is 4. The van der Waals surface area contributed by atoms with Crippen LogP contribution in [-0.2, 0) is 14.4 Å². The number of unbranched alkanes of at least 4 members (excludes halogenated alkanes) is 3. The highest BCUT2D eigenvalue weighted by atomic mass is 17.1. The lowest BCUT2D eigenvalue weighted by Crippen LogP contribution is -2.04. The Hall–Kier alpha value is -4.99. The summed E-state index contributed by atoms with van der Waals surface area (Å²) in [6, 6.07) is 24.9. The molecule has 4 rings (SSSR count). The largest absolute Gasteiger partial charge is 0.494 e. The molecule has 9 heteroatoms. The molecule has 0 amide bonds. The fraction of sp³-hybridized carbons (Fsp3) is 0.250. The number of esters is 1. The van der Waals surface area contributed by atoms with E-state index in [1.165, 1.54) is 6.08 Å². The van der Waals surface area contributed by atoms with E-state index in [1.54, 1.807) is 26.6 Å². The van der Waals surface area contributed by atoms with Crippen LogP contribution in [0.1, 0.15) is 54.0 Å². The summed E-state index contributed by atoms with van der Waals surface area (Å²) in [5.41, 5.74) is 3.36. The van der Waals surface area contributed by atoms with Gasteiger partial charge in [0.05, 0.1) is 39.9 Å². The lowest BCUT2D eigenvalue weighted by Gasteiger charge is -2.16. The molecule has 0 saturated heterocycles. The first-order valence-electron chi connectivity index (χ1n) is 14.7. The Morgan fingerprint density at radius 2 is 1.38 bits per heavy atom. The second kappa shape index (κ2) is 17.3. The minimum atomic E-state index is -0.647. The van der Waals surface area contributed by atoms with Gasteiger partial charge in [-0.2, -0.15) is 10.2 Å². The van der Waals surface area contributed by atoms with Gasteiger partial charge in [0.1, 0.15) is 11.9 Å². The van der Waals surface area contributed by atoms with Gasteiger partial charge >= 0.3 is 5.97 Å². The smallest absolute Gasteiger partial charge is 0.330 e. The Morgan fingerprint density at radius 3 is 2.07 bits per heavy atom. The van der Waals surface area contributed by atoms with Crippen molar-refractivity contribution in [2.45, 2.75) is 31.8 Å². The van der Waals surface area contributed by atoms with Gasteiger partial charge in [0.15, 0.2) is 11.5 Å². The third kappa shape index (κ3) is 9.76. The minimum absolute atomic E-state index is 0.386. The zero-order valence-electron chi connectivity index (χ0n) is 25.6. The van der Waals surface area contributed by atoms with Gasteiger partial charge in [0.25, 0.3) is 0 Å². The highest BCUT2D eigenvalue weighted by Crippen LogP contribution is 2.30. The summed E-state index contributed by atoms with van der Waals surface area (Å²) in [6.45, 7) is 4.38. The van der Waals surface area contributed by atoms with E-state index in [0.717, 1.165) is 64.5 Å². The SMILES string of the molecule is C=CC(=O)OCCCCCCOc1ccc(C(OO)c2ccc3cc(/C=N\N=C/c4ccc(OC)c(OC)c4)ccc3c2)cc1. The molecule has 0 aliphatic heterocycles. The normalized spacial score (nSPS) is 12.0. The van der Waals surface area contributed by atoms with Crippen molar-refractivity contribution in [3.63, 3.8) is 0 Å². The first kappa shape index (κ1) is 32.9. The lowest BCUT2D eigenvalue weighted by molar-refractivity contribution is -0.270. The number of benzene rings is 4. The number of nitrogens with zero attached hydrogens (tertiary/aromatic N) is 2. The molecule has 1 unspecified atom stereocenters. The van der Waals surface area contributed by atoms with Crippen molar-refractivity contribution in [2.24, 2.45) is 10.2 Å². The van der Waals surface area contributed by atoms with Gasteiger partial charge in [-0.05, 0) is 101 Å². The highest BCUT2D eigenvalue weighted by Gasteiger charge is 2.16. The quantitative estimate of drug-likeness (QED) is 0.0328. The molecule has 0 saturated carbocycles. The number of methoxy groups -OCH3 is 2. The maximum atomic E-state index is 11.0. The fourth-order valence-corrected chi connectivity index (χ4v) is 4.69. The predicted octanol–water partition coefficient (Wildman–Crippen LogP) is 7.56. The van der Waals surface area contributed by atoms with Gasteiger partial charge in [0, 0.05) is 6.08 Å². The third-order valence-corrected chi connectivity index (χ3v) is 7.09. The van der Waals surface area contributed by atoms with Crippen molar-refractivity contribution in [1.82, 2.24) is 0 Å². The van der Waals surface area contributed by atoms with E-state index in [2.05, 4.69) is 16.8 Å². The Morgan fingerprint density at radius 1 is 0.756 bits per heavy atom. The topological polar surface area (TPSA) is 108 Å². The van der Waals surface area contributed by atoms with E-state index in [9.17, 15) is 10.1 Å². The summed E-state index contributed by atoms with van der Waals surface area (Å²) in [4.78, 5) is 15.9. The molecule has 4 aromatic carbocycles. The zero-order valence-corrected chi connectivity index (χ0v) is 25.6. The monoisotopic (exact) mass is 610 g/mol. The van der Waals surface area contributed by atoms with E-state index in [1.807, 2.05) is 78.9 Å². The molecule has 0 bridgehead atoms. The molecule has 1 N–H and O–H groups in total. The molecule has 0 aromatic heterocycles. The molecule has 9 nitrogen and oxygen atoms in total. The number of carbonyl (C=O) groups excluding carboxylic acids is 1. The van der Waals surface area contributed by atoms with Crippen molar-refractivity contribution < 1.29 is 33.9 Å². The van der Waals surface area contributed by atoms with Gasteiger partial charge in [0.2, 0.25) is 0 Å². The first-order valence-corrected chi connectivity index (χ1v) is 14.7. The van der Waals surface area contributed by atoms with E-state index >= 15 is 0 Å². The molecule has 45 heavy (non-hydrogen) atoms. The molecule has 0 aliphatic rings. The molecule has 0 fully saturated rings. The van der Waals surface area contributed by atoms with Crippen LogP contribution in [0.4, 0.5) is 0 Å². The van der Waals surface area contributed by atoms with Crippen molar-refractivity contribution in [3.8, 4) is 17.2 Å². The summed E-state index contributed by atoms with van der Waals surface area (Å²) >= 11 is 0. The van der Waals surface area contributed by atoms with Crippen molar-refractivity contribution in [1.29, 1.82) is 0 Å². The number of rotatable bonds is 17. The van der Waals surface area contributed by atoms with Crippen molar-refractivity contribution in [2.75, 3.05) is 27.4 Å². The Labute approximate surface area is 263 Å². The summed E-state index contributed by atoms with van der Waals surface area (Å²) in [6.07, 6.45) is 7.52. The van der Waals surface area contributed by atoms with Gasteiger partial charge in [-0.25, -0.2) is 9.68 Å². The van der Waals surface area contributed by atoms with Crippen LogP contribution >= 0.6 is 0 Å². The highest BCUT2D eigenvalue weighted by molar-refractivity contribution is 5.91. The molecule has 4 aromatic rings. The summed E-state index contributed by atoms with van der Waals surface area (Å²) < 4.78 is 21.4. The van der Waals surface area contributed by atoms with Crippen LogP contribution in [0.15, 0.2) is 102 Å². The van der Waals surface area contributed by atoms with Crippen LogP contribution < -0.4 is 14.2 Å². The molecule has 0 heterocycles. The van der Waals surface area contributed by atoms with Crippen LogP contribution in [0, 0.1) is 0 Å². The maximum Gasteiger partial charge on any atom is 0.330 e. The minimum Gasteiger partial charge on any atom is -0.494 e. The fourth-order valence-electron chi connectivity index (χ4n) is 4.69. The van der Waals surface area contributed by atoms with Crippen LogP contribution in [0.3, 0.4) is 0 Å². The van der Waals surface area contributed by atoms with Gasteiger partial charge in [-0.15, -0.1) is 0 Å². The maximum absolute atomic E-state index is 11.0. The summed E-state index contributed by atoms with van der Waals surface area (Å²) in [5.74, 6) is 1.64. The zero-order chi connectivity index (χ0) is 31.9. The molecular weight excluding hydrogens is 572 g/mol. The summed E-state index contributed by atoms with van der Waals surface area (Å²) in [5, 5.41) is 20.1. The Balaban J connectivity index is 1.30.